The Morgan fingerprint density at radius 3 is 2.39 bits per heavy atom. The summed E-state index contributed by atoms with van der Waals surface area (Å²) in [6.45, 7) is 3.84. The van der Waals surface area contributed by atoms with E-state index in [1.165, 1.54) is 11.2 Å². The minimum absolute atomic E-state index is 0.0215. The first-order valence-electron chi connectivity index (χ1n) is 15.7. The fraction of sp³-hybridized carbons (Fsp3) is 0.303. The topological polar surface area (TPSA) is 151 Å². The number of rotatable bonds is 8. The number of nitrogens with zero attached hydrogens (tertiary/aromatic N) is 8. The monoisotopic (exact) mass is 741 g/mol. The maximum Gasteiger partial charge on any atom is 0.416 e. The van der Waals surface area contributed by atoms with E-state index in [9.17, 15) is 32.7 Å². The van der Waals surface area contributed by atoms with Gasteiger partial charge in [-0.1, -0.05) is 30.7 Å². The van der Waals surface area contributed by atoms with Gasteiger partial charge in [0.05, 0.1) is 27.7 Å². The van der Waals surface area contributed by atoms with Crippen molar-refractivity contribution in [2.24, 2.45) is 0 Å². The molecule has 1 saturated heterocycles. The van der Waals surface area contributed by atoms with Gasteiger partial charge in [0.2, 0.25) is 11.7 Å². The smallest absolute Gasteiger partial charge is 0.416 e. The lowest BCUT2D eigenvalue weighted by atomic mass is 10.2. The predicted molar refractivity (Wildman–Crippen MR) is 185 cm³/mol. The van der Waals surface area contributed by atoms with Crippen LogP contribution in [0.1, 0.15) is 34.4 Å². The fourth-order valence-electron chi connectivity index (χ4n) is 5.82. The van der Waals surface area contributed by atoms with Crippen LogP contribution in [0.5, 0.6) is 5.75 Å². The summed E-state index contributed by atoms with van der Waals surface area (Å²) in [5.74, 6) is -1.08. The molecule has 1 aliphatic rings. The minimum Gasteiger partial charge on any atom is -0.504 e. The number of aromatic nitrogens is 6. The molecule has 13 nitrogen and oxygen atoms in total. The third kappa shape index (κ3) is 7.08. The molecule has 18 heteroatoms. The van der Waals surface area contributed by atoms with Crippen molar-refractivity contribution in [1.82, 2.24) is 34.0 Å². The van der Waals surface area contributed by atoms with E-state index in [4.69, 9.17) is 11.6 Å². The first-order chi connectivity index (χ1) is 24.3. The zero-order valence-electron chi connectivity index (χ0n) is 27.5. The molecule has 0 atom stereocenters. The Hall–Kier alpha value is -5.16. The number of nitrogens with one attached hydrogen (secondary N) is 1. The van der Waals surface area contributed by atoms with Gasteiger partial charge in [-0.15, -0.1) is 16.9 Å². The number of carbonyl (C=O) groups excluding carboxylic acids is 2. The van der Waals surface area contributed by atoms with E-state index in [0.29, 0.717) is 11.3 Å². The first kappa shape index (κ1) is 35.7. The Labute approximate surface area is 298 Å². The number of thioether (sulfide) groups is 1. The average Bonchev–Trinajstić information content (AvgIpc) is 3.57. The molecule has 0 radical (unpaired) electrons. The zero-order valence-corrected chi connectivity index (χ0v) is 29.1. The molecular weight excluding hydrogens is 711 g/mol. The molecule has 0 saturated carbocycles. The summed E-state index contributed by atoms with van der Waals surface area (Å²) in [7, 11) is 0. The molecule has 0 bridgehead atoms. The lowest BCUT2D eigenvalue weighted by Crippen LogP contribution is -2.51. The fourth-order valence-corrected chi connectivity index (χ4v) is 6.46. The molecule has 0 unspecified atom stereocenters. The van der Waals surface area contributed by atoms with E-state index in [2.05, 4.69) is 25.4 Å². The Morgan fingerprint density at radius 1 is 1.06 bits per heavy atom. The van der Waals surface area contributed by atoms with Crippen LogP contribution < -0.4 is 15.8 Å². The molecule has 0 aliphatic carbocycles. The van der Waals surface area contributed by atoms with Crippen LogP contribution in [0.15, 0.2) is 58.5 Å². The summed E-state index contributed by atoms with van der Waals surface area (Å²) in [5.41, 5.74) is 0.0453. The number of carbonyl (C=O) groups is 2. The second-order valence-corrected chi connectivity index (χ2v) is 12.9. The number of fused-ring (bicyclic) bond motifs is 1. The lowest BCUT2D eigenvalue weighted by Gasteiger charge is -2.36. The third-order valence-electron chi connectivity index (χ3n) is 8.47. The van der Waals surface area contributed by atoms with Crippen molar-refractivity contribution in [2.45, 2.75) is 37.9 Å². The number of hydrogen-bond donors (Lipinski definition) is 2. The van der Waals surface area contributed by atoms with Crippen molar-refractivity contribution in [3.63, 3.8) is 0 Å². The van der Waals surface area contributed by atoms with Crippen LogP contribution in [0.25, 0.3) is 17.2 Å². The molecule has 4 heterocycles. The summed E-state index contributed by atoms with van der Waals surface area (Å²) in [6.07, 6.45) is -1.18. The number of amides is 2. The Bertz CT molecular complexity index is 2200. The number of anilines is 2. The van der Waals surface area contributed by atoms with Gasteiger partial charge in [0.25, 0.3) is 11.5 Å². The maximum atomic E-state index is 14.2. The van der Waals surface area contributed by atoms with Gasteiger partial charge in [0.15, 0.2) is 17.3 Å². The molecule has 2 aromatic carbocycles. The average molecular weight is 742 g/mol. The molecule has 266 valence electrons. The highest BCUT2D eigenvalue weighted by Gasteiger charge is 2.32. The number of benzene rings is 2. The largest absolute Gasteiger partial charge is 0.504 e. The highest BCUT2D eigenvalue weighted by molar-refractivity contribution is 7.98. The Morgan fingerprint density at radius 2 is 1.76 bits per heavy atom. The molecule has 0 spiro atoms. The van der Waals surface area contributed by atoms with Gasteiger partial charge < -0.3 is 24.8 Å². The molecular formula is C33H31ClF3N9O4S. The summed E-state index contributed by atoms with van der Waals surface area (Å²) in [4.78, 5) is 57.8. The number of piperazine rings is 1. The number of alkyl halides is 3. The molecule has 1 aliphatic heterocycles. The minimum atomic E-state index is -4.61. The second kappa shape index (κ2) is 14.2. The quantitative estimate of drug-likeness (QED) is 0.210. The molecule has 6 rings (SSSR count). The molecule has 5 aromatic rings. The Balaban J connectivity index is 1.37. The third-order valence-corrected chi connectivity index (χ3v) is 9.53. The van der Waals surface area contributed by atoms with Crippen molar-refractivity contribution >= 4 is 52.3 Å². The summed E-state index contributed by atoms with van der Waals surface area (Å²) in [5, 5.41) is 17.2. The molecule has 2 N–H and O–H groups in total. The van der Waals surface area contributed by atoms with Crippen LogP contribution in [0, 0.1) is 6.92 Å². The van der Waals surface area contributed by atoms with E-state index < -0.39 is 29.1 Å². The van der Waals surface area contributed by atoms with Crippen molar-refractivity contribution in [3.05, 3.63) is 86.8 Å². The molecule has 51 heavy (non-hydrogen) atoms. The van der Waals surface area contributed by atoms with Crippen LogP contribution in [0.4, 0.5) is 24.5 Å². The van der Waals surface area contributed by atoms with Crippen LogP contribution in [-0.4, -0.2) is 83.4 Å². The zero-order chi connectivity index (χ0) is 36.6. The summed E-state index contributed by atoms with van der Waals surface area (Å²) in [6, 6.07) is 10.1. The van der Waals surface area contributed by atoms with Crippen LogP contribution in [-0.2, 0) is 23.9 Å². The molecule has 1 fully saturated rings. The van der Waals surface area contributed by atoms with E-state index in [1.54, 1.807) is 23.3 Å². The predicted octanol–water partition coefficient (Wildman–Crippen LogP) is 4.92. The van der Waals surface area contributed by atoms with Crippen LogP contribution >= 0.6 is 23.4 Å². The van der Waals surface area contributed by atoms with Crippen LogP contribution in [0.2, 0.25) is 5.02 Å². The number of aromatic hydroxyl groups is 1. The number of aryl methyl sites for hydroxylation is 1. The number of halogens is 4. The van der Waals surface area contributed by atoms with Crippen molar-refractivity contribution < 1.29 is 27.9 Å². The van der Waals surface area contributed by atoms with Crippen molar-refractivity contribution in [2.75, 3.05) is 42.7 Å². The summed E-state index contributed by atoms with van der Waals surface area (Å²) < 4.78 is 42.3. The first-order valence-corrected chi connectivity index (χ1v) is 17.3. The van der Waals surface area contributed by atoms with E-state index >= 15 is 0 Å². The lowest BCUT2D eigenvalue weighted by molar-refractivity contribution is -0.137. The van der Waals surface area contributed by atoms with E-state index in [0.717, 1.165) is 27.6 Å². The maximum absolute atomic E-state index is 14.2. The molecule has 2 amide bonds. The standard InChI is InChI=1S/C33H31ClF3N9O4S/c1-4-24-27(43-11-13-44(14-12-43)30(49)26-28(48)18(2)38-17-39-26)31(50)46-32(41-29(42-46)19-5-8-21(51-3)9-6-19)45(24)16-25(47)40-23-10-7-20(15-22(23)34)33(35,36)37/h5-10,15,17,48H,4,11-14,16H2,1-3H3,(H,40,47). The number of hydrogen-bond acceptors (Lipinski definition) is 10. The van der Waals surface area contributed by atoms with E-state index in [-0.39, 0.29) is 84.3 Å². The highest BCUT2D eigenvalue weighted by atomic mass is 35.5. The molecule has 3 aromatic heterocycles. The second-order valence-electron chi connectivity index (χ2n) is 11.6. The van der Waals surface area contributed by atoms with Gasteiger partial charge in [-0.05, 0) is 49.9 Å². The van der Waals surface area contributed by atoms with Crippen LogP contribution in [0.3, 0.4) is 0 Å². The van der Waals surface area contributed by atoms with Crippen molar-refractivity contribution in [3.8, 4) is 17.1 Å². The van der Waals surface area contributed by atoms with Crippen molar-refractivity contribution in [1.29, 1.82) is 0 Å². The van der Waals surface area contributed by atoms with Gasteiger partial charge in [-0.25, -0.2) is 9.97 Å². The van der Waals surface area contributed by atoms with Gasteiger partial charge in [0, 0.05) is 36.6 Å². The highest BCUT2D eigenvalue weighted by Crippen LogP contribution is 2.34. The normalized spacial score (nSPS) is 13.5. The van der Waals surface area contributed by atoms with Gasteiger partial charge >= 0.3 is 6.18 Å². The van der Waals surface area contributed by atoms with Gasteiger partial charge in [-0.3, -0.25) is 14.4 Å². The van der Waals surface area contributed by atoms with E-state index in [1.807, 2.05) is 42.3 Å². The SMILES string of the molecule is CCc1c(N2CCN(C(=O)c3ncnc(C)c3O)CC2)c(=O)n2nc(-c3ccc(SC)cc3)nc2n1CC(=O)Nc1ccc(C(F)(F)F)cc1Cl. The Kier molecular flexibility index (Phi) is 9.94. The summed E-state index contributed by atoms with van der Waals surface area (Å²) >= 11 is 7.68. The van der Waals surface area contributed by atoms with Gasteiger partial charge in [-0.2, -0.15) is 22.7 Å². The van der Waals surface area contributed by atoms with Gasteiger partial charge in [0.1, 0.15) is 18.6 Å².